The van der Waals surface area contributed by atoms with Crippen LogP contribution in [0.15, 0.2) is 46.9 Å². The minimum absolute atomic E-state index is 0.679. The van der Waals surface area contributed by atoms with Crippen molar-refractivity contribution in [3.8, 4) is 0 Å². The normalized spacial score (nSPS) is 16.2. The summed E-state index contributed by atoms with van der Waals surface area (Å²) in [6.45, 7) is 0.685. The molecule has 18 heavy (non-hydrogen) atoms. The first-order valence-electron chi connectivity index (χ1n) is 5.95. The summed E-state index contributed by atoms with van der Waals surface area (Å²) in [7, 11) is 0. The maximum absolute atomic E-state index is 11.2. The quantitative estimate of drug-likeness (QED) is 0.926. The van der Waals surface area contributed by atoms with Gasteiger partial charge in [-0.15, -0.1) is 22.7 Å². The van der Waals surface area contributed by atoms with Crippen LogP contribution < -0.4 is 0 Å². The maximum Gasteiger partial charge on any atom is 0.190 e. The van der Waals surface area contributed by atoms with Gasteiger partial charge in [0.1, 0.15) is 5.76 Å². The lowest BCUT2D eigenvalue weighted by Crippen LogP contribution is -2.30. The highest BCUT2D eigenvalue weighted by molar-refractivity contribution is 7.11. The van der Waals surface area contributed by atoms with E-state index in [0.717, 1.165) is 22.6 Å². The van der Waals surface area contributed by atoms with E-state index in [1.165, 1.54) is 0 Å². The zero-order valence-corrected chi connectivity index (χ0v) is 11.5. The molecule has 2 nitrogen and oxygen atoms in total. The van der Waals surface area contributed by atoms with Crippen LogP contribution in [-0.4, -0.2) is 11.7 Å². The second-order valence-corrected chi connectivity index (χ2v) is 6.12. The fourth-order valence-electron chi connectivity index (χ4n) is 2.14. The Morgan fingerprint density at radius 1 is 1.11 bits per heavy atom. The number of rotatable bonds is 3. The monoisotopic (exact) mass is 278 g/mol. The fourth-order valence-corrected chi connectivity index (χ4v) is 3.89. The van der Waals surface area contributed by atoms with Crippen LogP contribution in [0.2, 0.25) is 0 Å². The third kappa shape index (κ3) is 1.90. The molecular weight excluding hydrogens is 264 g/mol. The standard InChI is InChI=1S/C14H14O2S2/c15-14(12-6-3-9-17-12,13-7-4-10-18-13)11-5-1-2-8-16-11/h3-7,9-10,15H,1-2,8H2. The molecule has 0 unspecified atom stereocenters. The van der Waals surface area contributed by atoms with Crippen molar-refractivity contribution < 1.29 is 9.84 Å². The van der Waals surface area contributed by atoms with E-state index in [1.807, 2.05) is 41.1 Å². The SMILES string of the molecule is OC(C1=CCCCO1)(c1cccs1)c1cccs1. The third-order valence-corrected chi connectivity index (χ3v) is 5.01. The zero-order valence-electron chi connectivity index (χ0n) is 9.83. The van der Waals surface area contributed by atoms with Crippen LogP contribution >= 0.6 is 22.7 Å². The van der Waals surface area contributed by atoms with E-state index in [4.69, 9.17) is 4.74 Å². The molecule has 0 saturated carbocycles. The van der Waals surface area contributed by atoms with E-state index >= 15 is 0 Å². The second-order valence-electron chi connectivity index (χ2n) is 4.22. The molecular formula is C14H14O2S2. The summed E-state index contributed by atoms with van der Waals surface area (Å²) >= 11 is 3.12. The Bertz CT molecular complexity index is 492. The maximum atomic E-state index is 11.2. The molecule has 1 aliphatic rings. The molecule has 0 bridgehead atoms. The van der Waals surface area contributed by atoms with Gasteiger partial charge in [0, 0.05) is 9.75 Å². The molecule has 0 atom stereocenters. The molecule has 0 amide bonds. The van der Waals surface area contributed by atoms with E-state index in [1.54, 1.807) is 22.7 Å². The molecule has 3 rings (SSSR count). The predicted octanol–water partition coefficient (Wildman–Crippen LogP) is 3.74. The smallest absolute Gasteiger partial charge is 0.190 e. The molecule has 0 aliphatic carbocycles. The van der Waals surface area contributed by atoms with E-state index in [-0.39, 0.29) is 0 Å². The molecule has 1 aliphatic heterocycles. The number of hydrogen-bond acceptors (Lipinski definition) is 4. The summed E-state index contributed by atoms with van der Waals surface area (Å²) in [6, 6.07) is 7.84. The zero-order chi connectivity index (χ0) is 12.4. The summed E-state index contributed by atoms with van der Waals surface area (Å²) < 4.78 is 5.72. The van der Waals surface area contributed by atoms with Crippen molar-refractivity contribution in [3.05, 3.63) is 56.6 Å². The second kappa shape index (κ2) is 4.88. The highest BCUT2D eigenvalue weighted by atomic mass is 32.1. The Labute approximate surface area is 114 Å². The van der Waals surface area contributed by atoms with Gasteiger partial charge in [-0.25, -0.2) is 0 Å². The van der Waals surface area contributed by atoms with Crippen molar-refractivity contribution in [2.75, 3.05) is 6.61 Å². The van der Waals surface area contributed by atoms with Crippen LogP contribution in [0, 0.1) is 0 Å². The van der Waals surface area contributed by atoms with E-state index in [2.05, 4.69) is 0 Å². The summed E-state index contributed by atoms with van der Waals surface area (Å²) in [5.41, 5.74) is -1.11. The largest absolute Gasteiger partial charge is 0.494 e. The first kappa shape index (κ1) is 12.0. The summed E-state index contributed by atoms with van der Waals surface area (Å²) in [5, 5.41) is 15.2. The van der Waals surface area contributed by atoms with E-state index in [0.29, 0.717) is 12.4 Å². The third-order valence-electron chi connectivity index (χ3n) is 3.05. The molecule has 1 N–H and O–H groups in total. The lowest BCUT2D eigenvalue weighted by molar-refractivity contribution is 0.0366. The number of thiophene rings is 2. The highest BCUT2D eigenvalue weighted by Gasteiger charge is 2.40. The Morgan fingerprint density at radius 2 is 1.78 bits per heavy atom. The van der Waals surface area contributed by atoms with Gasteiger partial charge < -0.3 is 9.84 Å². The molecule has 0 fully saturated rings. The van der Waals surface area contributed by atoms with E-state index < -0.39 is 5.60 Å². The predicted molar refractivity (Wildman–Crippen MR) is 74.9 cm³/mol. The van der Waals surface area contributed by atoms with Gasteiger partial charge in [-0.3, -0.25) is 0 Å². The number of allylic oxidation sites excluding steroid dienone is 1. The minimum atomic E-state index is -1.11. The van der Waals surface area contributed by atoms with Crippen LogP contribution in [0.1, 0.15) is 22.6 Å². The lowest BCUT2D eigenvalue weighted by atomic mass is 9.95. The van der Waals surface area contributed by atoms with Crippen LogP contribution in [0.5, 0.6) is 0 Å². The van der Waals surface area contributed by atoms with Crippen molar-refractivity contribution in [1.82, 2.24) is 0 Å². The van der Waals surface area contributed by atoms with Gasteiger partial charge in [0.15, 0.2) is 5.60 Å². The summed E-state index contributed by atoms with van der Waals surface area (Å²) in [5.74, 6) is 0.679. The highest BCUT2D eigenvalue weighted by Crippen LogP contribution is 2.42. The van der Waals surface area contributed by atoms with Crippen molar-refractivity contribution in [3.63, 3.8) is 0 Å². The molecule has 4 heteroatoms. The van der Waals surface area contributed by atoms with Gasteiger partial charge in [0.25, 0.3) is 0 Å². The van der Waals surface area contributed by atoms with Crippen molar-refractivity contribution in [1.29, 1.82) is 0 Å². The molecule has 2 aromatic heterocycles. The van der Waals surface area contributed by atoms with Gasteiger partial charge in [-0.2, -0.15) is 0 Å². The van der Waals surface area contributed by atoms with Gasteiger partial charge in [0.05, 0.1) is 6.61 Å². The molecule has 3 heterocycles. The Morgan fingerprint density at radius 3 is 2.22 bits per heavy atom. The number of aliphatic hydroxyl groups is 1. The van der Waals surface area contributed by atoms with Gasteiger partial charge in [-0.1, -0.05) is 12.1 Å². The first-order chi connectivity index (χ1) is 8.82. The van der Waals surface area contributed by atoms with Gasteiger partial charge in [-0.05, 0) is 41.8 Å². The van der Waals surface area contributed by atoms with Crippen molar-refractivity contribution >= 4 is 22.7 Å². The van der Waals surface area contributed by atoms with Crippen LogP contribution in [0.3, 0.4) is 0 Å². The van der Waals surface area contributed by atoms with Crippen LogP contribution in [0.25, 0.3) is 0 Å². The number of ether oxygens (including phenoxy) is 1. The first-order valence-corrected chi connectivity index (χ1v) is 7.71. The Kier molecular flexibility index (Phi) is 3.24. The average molecular weight is 278 g/mol. The Balaban J connectivity index is 2.11. The Hall–Kier alpha value is -1.10. The molecule has 2 aromatic rings. The molecule has 0 saturated heterocycles. The molecule has 0 spiro atoms. The topological polar surface area (TPSA) is 29.5 Å². The number of hydrogen-bond donors (Lipinski definition) is 1. The molecule has 0 radical (unpaired) electrons. The average Bonchev–Trinajstić information content (AvgIpc) is 3.12. The fraction of sp³-hybridized carbons (Fsp3) is 0.286. The molecule has 0 aromatic carbocycles. The minimum Gasteiger partial charge on any atom is -0.494 e. The van der Waals surface area contributed by atoms with E-state index in [9.17, 15) is 5.11 Å². The lowest BCUT2D eigenvalue weighted by Gasteiger charge is -2.30. The van der Waals surface area contributed by atoms with Gasteiger partial charge >= 0.3 is 0 Å². The summed E-state index contributed by atoms with van der Waals surface area (Å²) in [4.78, 5) is 1.83. The van der Waals surface area contributed by atoms with Crippen molar-refractivity contribution in [2.45, 2.75) is 18.4 Å². The van der Waals surface area contributed by atoms with Gasteiger partial charge in [0.2, 0.25) is 0 Å². The van der Waals surface area contributed by atoms with Crippen LogP contribution in [0.4, 0.5) is 0 Å². The van der Waals surface area contributed by atoms with Crippen molar-refractivity contribution in [2.24, 2.45) is 0 Å². The summed E-state index contributed by atoms with van der Waals surface area (Å²) in [6.07, 6.45) is 4.01. The van der Waals surface area contributed by atoms with Crippen LogP contribution in [-0.2, 0) is 10.3 Å². The molecule has 94 valence electrons.